The van der Waals surface area contributed by atoms with Gasteiger partial charge in [-0.15, -0.1) is 0 Å². The van der Waals surface area contributed by atoms with E-state index >= 15 is 0 Å². The fraction of sp³-hybridized carbons (Fsp3) is 0.591. The summed E-state index contributed by atoms with van der Waals surface area (Å²) in [6.45, 7) is 3.42. The summed E-state index contributed by atoms with van der Waals surface area (Å²) in [5.74, 6) is 0.814. The van der Waals surface area contributed by atoms with Gasteiger partial charge in [0.25, 0.3) is 0 Å². The van der Waals surface area contributed by atoms with Gasteiger partial charge in [-0.1, -0.05) is 25.0 Å². The number of benzene rings is 1. The highest BCUT2D eigenvalue weighted by atomic mass is 16.6. The molecule has 3 amide bonds. The second-order valence-electron chi connectivity index (χ2n) is 8.01. The summed E-state index contributed by atoms with van der Waals surface area (Å²) in [6, 6.07) is 7.48. The Morgan fingerprint density at radius 3 is 2.41 bits per heavy atom. The van der Waals surface area contributed by atoms with Crippen molar-refractivity contribution in [3.63, 3.8) is 0 Å². The number of rotatable bonds is 6. The molecule has 7 nitrogen and oxygen atoms in total. The molecular weight excluding hydrogens is 372 g/mol. The molecular formula is C22H28N2O5. The summed E-state index contributed by atoms with van der Waals surface area (Å²) in [7, 11) is 0. The van der Waals surface area contributed by atoms with E-state index in [-0.39, 0.29) is 48.6 Å². The van der Waals surface area contributed by atoms with E-state index in [0.29, 0.717) is 31.2 Å². The number of para-hydroxylation sites is 2. The van der Waals surface area contributed by atoms with Crippen LogP contribution in [-0.2, 0) is 14.4 Å². The molecule has 2 fully saturated rings. The maximum absolute atomic E-state index is 12.8. The molecule has 156 valence electrons. The zero-order chi connectivity index (χ0) is 20.4. The first-order valence-electron chi connectivity index (χ1n) is 10.6. The monoisotopic (exact) mass is 400 g/mol. The molecule has 1 saturated carbocycles. The van der Waals surface area contributed by atoms with E-state index in [1.165, 1.54) is 4.90 Å². The Bertz CT molecular complexity index is 771. The van der Waals surface area contributed by atoms with Crippen LogP contribution < -0.4 is 9.47 Å². The summed E-state index contributed by atoms with van der Waals surface area (Å²) in [5, 5.41) is 0. The first kappa shape index (κ1) is 19.7. The average molecular weight is 400 g/mol. The van der Waals surface area contributed by atoms with E-state index in [0.717, 1.165) is 25.7 Å². The molecule has 4 rings (SSSR count). The first-order valence-corrected chi connectivity index (χ1v) is 10.6. The molecule has 0 N–H and O–H groups in total. The molecule has 29 heavy (non-hydrogen) atoms. The van der Waals surface area contributed by atoms with Crippen molar-refractivity contribution in [2.75, 3.05) is 26.2 Å². The number of carbonyl (C=O) groups is 3. The van der Waals surface area contributed by atoms with Crippen LogP contribution in [-0.4, -0.2) is 59.9 Å². The van der Waals surface area contributed by atoms with Gasteiger partial charge in [-0.3, -0.25) is 19.3 Å². The summed E-state index contributed by atoms with van der Waals surface area (Å²) in [4.78, 5) is 40.9. The molecule has 1 aromatic carbocycles. The number of likely N-dealkylation sites (N-methyl/N-ethyl adjacent to an activating group) is 1. The van der Waals surface area contributed by atoms with Gasteiger partial charge in [0.15, 0.2) is 17.6 Å². The van der Waals surface area contributed by atoms with Crippen LogP contribution in [0.15, 0.2) is 24.3 Å². The van der Waals surface area contributed by atoms with E-state index in [4.69, 9.17) is 9.47 Å². The van der Waals surface area contributed by atoms with Crippen molar-refractivity contribution in [3.8, 4) is 11.5 Å². The topological polar surface area (TPSA) is 76.2 Å². The van der Waals surface area contributed by atoms with Crippen molar-refractivity contribution in [2.24, 2.45) is 11.8 Å². The fourth-order valence-corrected chi connectivity index (χ4v) is 4.62. The van der Waals surface area contributed by atoms with Crippen LogP contribution in [0.1, 0.15) is 39.0 Å². The Kier molecular flexibility index (Phi) is 5.74. The van der Waals surface area contributed by atoms with Crippen molar-refractivity contribution in [2.45, 2.75) is 45.1 Å². The number of nitrogens with zero attached hydrogens (tertiary/aromatic N) is 2. The molecule has 2 heterocycles. The maximum Gasteiger partial charge on any atom is 0.233 e. The van der Waals surface area contributed by atoms with E-state index in [9.17, 15) is 14.4 Å². The molecule has 0 spiro atoms. The number of ether oxygens (including phenoxy) is 2. The third kappa shape index (κ3) is 3.95. The minimum atomic E-state index is -0.244. The van der Waals surface area contributed by atoms with Crippen molar-refractivity contribution in [1.29, 1.82) is 0 Å². The lowest BCUT2D eigenvalue weighted by Gasteiger charge is -2.31. The Labute approximate surface area is 170 Å². The van der Waals surface area contributed by atoms with Crippen LogP contribution in [0.5, 0.6) is 11.5 Å². The molecule has 0 bridgehead atoms. The molecule has 0 aromatic heterocycles. The zero-order valence-corrected chi connectivity index (χ0v) is 16.8. The normalized spacial score (nSPS) is 25.7. The number of hydrogen-bond acceptors (Lipinski definition) is 5. The van der Waals surface area contributed by atoms with Crippen LogP contribution in [0.25, 0.3) is 0 Å². The van der Waals surface area contributed by atoms with Gasteiger partial charge in [-0.05, 0) is 31.9 Å². The molecule has 1 aromatic rings. The zero-order valence-electron chi connectivity index (χ0n) is 16.8. The largest absolute Gasteiger partial charge is 0.486 e. The molecule has 1 aliphatic carbocycles. The smallest absolute Gasteiger partial charge is 0.233 e. The number of carbonyl (C=O) groups excluding carboxylic acids is 3. The molecule has 0 radical (unpaired) electrons. The van der Waals surface area contributed by atoms with Gasteiger partial charge in [0.05, 0.1) is 18.4 Å². The Balaban J connectivity index is 1.31. The SMILES string of the molecule is CCN(C[C@@H]1COc2ccccc2O1)C(=O)CCN1C(=O)[C@H]2CCCC[C@@H]2C1=O. The third-order valence-corrected chi connectivity index (χ3v) is 6.21. The van der Waals surface area contributed by atoms with Gasteiger partial charge in [-0.25, -0.2) is 0 Å². The van der Waals surface area contributed by atoms with Crippen molar-refractivity contribution in [1.82, 2.24) is 9.80 Å². The standard InChI is InChI=1S/C22H28N2O5/c1-2-23(13-15-14-28-18-9-5-6-10-19(18)29-15)20(25)11-12-24-21(26)16-7-3-4-8-17(16)22(24)27/h5-6,9-10,15-17H,2-4,7-8,11-14H2,1H3/t15-,16+,17+/m1/s1. The maximum atomic E-state index is 12.8. The van der Waals surface area contributed by atoms with Gasteiger partial charge in [0.1, 0.15) is 6.61 Å². The van der Waals surface area contributed by atoms with E-state index in [1.54, 1.807) is 4.90 Å². The highest BCUT2D eigenvalue weighted by molar-refractivity contribution is 6.05. The minimum absolute atomic E-state index is 0.0783. The molecule has 2 aliphatic heterocycles. The number of fused-ring (bicyclic) bond motifs is 2. The summed E-state index contributed by atoms with van der Waals surface area (Å²) in [6.07, 6.45) is 3.50. The van der Waals surface area contributed by atoms with Crippen molar-refractivity contribution < 1.29 is 23.9 Å². The van der Waals surface area contributed by atoms with Crippen molar-refractivity contribution in [3.05, 3.63) is 24.3 Å². The summed E-state index contributed by atoms with van der Waals surface area (Å²) >= 11 is 0. The lowest BCUT2D eigenvalue weighted by atomic mass is 9.81. The number of likely N-dealkylation sites (tertiary alicyclic amines) is 1. The highest BCUT2D eigenvalue weighted by Crippen LogP contribution is 2.38. The molecule has 3 atom stereocenters. The van der Waals surface area contributed by atoms with E-state index in [1.807, 2.05) is 31.2 Å². The van der Waals surface area contributed by atoms with Gasteiger partial charge in [-0.2, -0.15) is 0 Å². The Morgan fingerprint density at radius 1 is 1.10 bits per heavy atom. The van der Waals surface area contributed by atoms with Crippen LogP contribution in [0.4, 0.5) is 0 Å². The van der Waals surface area contributed by atoms with Gasteiger partial charge < -0.3 is 14.4 Å². The molecule has 7 heteroatoms. The Morgan fingerprint density at radius 2 is 1.76 bits per heavy atom. The highest BCUT2D eigenvalue weighted by Gasteiger charge is 2.47. The summed E-state index contributed by atoms with van der Waals surface area (Å²) in [5.41, 5.74) is 0. The van der Waals surface area contributed by atoms with Gasteiger partial charge >= 0.3 is 0 Å². The number of imide groups is 1. The second-order valence-corrected chi connectivity index (χ2v) is 8.01. The van der Waals surface area contributed by atoms with Crippen LogP contribution in [0, 0.1) is 11.8 Å². The molecule has 0 unspecified atom stereocenters. The summed E-state index contributed by atoms with van der Waals surface area (Å²) < 4.78 is 11.7. The minimum Gasteiger partial charge on any atom is -0.486 e. The quantitative estimate of drug-likeness (QED) is 0.685. The number of amides is 3. The predicted molar refractivity (Wildman–Crippen MR) is 105 cm³/mol. The molecule has 3 aliphatic rings. The predicted octanol–water partition coefficient (Wildman–Crippen LogP) is 2.24. The second kappa shape index (κ2) is 8.43. The van der Waals surface area contributed by atoms with Crippen LogP contribution in [0.3, 0.4) is 0 Å². The first-order chi connectivity index (χ1) is 14.1. The van der Waals surface area contributed by atoms with Gasteiger partial charge in [0, 0.05) is 19.5 Å². The van der Waals surface area contributed by atoms with E-state index < -0.39 is 0 Å². The van der Waals surface area contributed by atoms with E-state index in [2.05, 4.69) is 0 Å². The average Bonchev–Trinajstić information content (AvgIpc) is 3.00. The Hall–Kier alpha value is -2.57. The lowest BCUT2D eigenvalue weighted by Crippen LogP contribution is -2.44. The van der Waals surface area contributed by atoms with Crippen molar-refractivity contribution >= 4 is 17.7 Å². The van der Waals surface area contributed by atoms with Crippen LogP contribution in [0.2, 0.25) is 0 Å². The fourth-order valence-electron chi connectivity index (χ4n) is 4.62. The molecule has 1 saturated heterocycles. The van der Waals surface area contributed by atoms with Gasteiger partial charge in [0.2, 0.25) is 17.7 Å². The third-order valence-electron chi connectivity index (χ3n) is 6.21. The number of hydrogen-bond donors (Lipinski definition) is 0. The lowest BCUT2D eigenvalue weighted by molar-refractivity contribution is -0.141. The van der Waals surface area contributed by atoms with Crippen LogP contribution >= 0.6 is 0 Å².